The number of benzene rings is 4. The second-order valence-electron chi connectivity index (χ2n) is 12.8. The Kier molecular flexibility index (Phi) is 20.9. The van der Waals surface area contributed by atoms with Gasteiger partial charge in [0.25, 0.3) is 5.60 Å². The number of hydrogen-bond acceptors (Lipinski definition) is 2. The van der Waals surface area contributed by atoms with E-state index in [9.17, 15) is 57.5 Å². The Bertz CT molecular complexity index is 1590. The summed E-state index contributed by atoms with van der Waals surface area (Å²) >= 11 is 0. The molecule has 0 aliphatic heterocycles. The van der Waals surface area contributed by atoms with Gasteiger partial charge in [0.15, 0.2) is 0 Å². The van der Waals surface area contributed by atoms with Crippen LogP contribution in [-0.4, -0.2) is 35.6 Å². The van der Waals surface area contributed by atoms with Crippen molar-refractivity contribution in [2.75, 3.05) is 0 Å². The molecular weight excluding hydrogens is 747 g/mol. The summed E-state index contributed by atoms with van der Waals surface area (Å²) in [5.74, 6) is -3.68. The second-order valence-corrected chi connectivity index (χ2v) is 12.8. The van der Waals surface area contributed by atoms with Gasteiger partial charge in [-0.05, 0) is 55.4 Å². The molecule has 0 aliphatic rings. The van der Waals surface area contributed by atoms with Gasteiger partial charge in [-0.25, -0.2) is 0 Å². The predicted octanol–water partition coefficient (Wildman–Crippen LogP) is 9.63. The van der Waals surface area contributed by atoms with Crippen molar-refractivity contribution < 1.29 is 81.4 Å². The summed E-state index contributed by atoms with van der Waals surface area (Å²) in [4.78, 5) is 9.24. The number of alkyl halides is 12. The molecule has 4 rings (SSSR count). The Morgan fingerprint density at radius 1 is 0.418 bits per heavy atom. The molecule has 4 aromatic carbocycles. The van der Waals surface area contributed by atoms with E-state index in [1.165, 1.54) is 64.4 Å². The SMILES string of the molecule is Cc1c[c-]cc(C)c1.Cc1cc(C)cc(C(O)(C(F)(F)F)C(F)(F)F)c1.Cc1cc(C)cc(C)c1.Cc1cc(C)cc(C)c1.O=C(C(F)(F)F)C(F)(F)F.[Li+]. The van der Waals surface area contributed by atoms with Crippen LogP contribution in [0, 0.1) is 75.3 Å². The topological polar surface area (TPSA) is 37.3 Å². The first-order chi connectivity index (χ1) is 24.2. The van der Waals surface area contributed by atoms with Crippen LogP contribution in [0.25, 0.3) is 0 Å². The third-order valence-corrected chi connectivity index (χ3v) is 6.78. The minimum atomic E-state index is -5.84. The molecule has 0 saturated heterocycles. The number of aliphatic hydroxyl groups is 1. The van der Waals surface area contributed by atoms with Crippen LogP contribution in [-0.2, 0) is 10.4 Å². The van der Waals surface area contributed by atoms with Crippen LogP contribution < -0.4 is 18.9 Å². The van der Waals surface area contributed by atoms with Gasteiger partial charge in [-0.15, -0.1) is 0 Å². The fraction of sp³-hybridized carbons (Fsp3) is 0.375. The van der Waals surface area contributed by atoms with Crippen molar-refractivity contribution in [1.82, 2.24) is 0 Å². The van der Waals surface area contributed by atoms with E-state index in [1.54, 1.807) is 0 Å². The maximum absolute atomic E-state index is 12.6. The molecule has 1 N–H and O–H groups in total. The summed E-state index contributed by atoms with van der Waals surface area (Å²) in [6.07, 6.45) is -23.3. The zero-order chi connectivity index (χ0) is 42.6. The molecule has 2 nitrogen and oxygen atoms in total. The van der Waals surface area contributed by atoms with E-state index in [0.717, 1.165) is 0 Å². The van der Waals surface area contributed by atoms with E-state index in [1.807, 2.05) is 12.1 Å². The monoisotopic (exact) mass is 790 g/mol. The van der Waals surface area contributed by atoms with E-state index >= 15 is 0 Å². The van der Waals surface area contributed by atoms with Gasteiger partial charge in [0.05, 0.1) is 0 Å². The molecule has 0 heterocycles. The summed E-state index contributed by atoms with van der Waals surface area (Å²) in [6, 6.07) is 25.0. The fourth-order valence-corrected chi connectivity index (χ4v) is 4.98. The van der Waals surface area contributed by atoms with Gasteiger partial charge in [0.2, 0.25) is 0 Å². The Morgan fingerprint density at radius 2 is 0.618 bits per heavy atom. The number of aryl methyl sites for hydroxylation is 10. The Balaban J connectivity index is 0. The molecule has 300 valence electrons. The largest absolute Gasteiger partial charge is 1.00 e. The molecule has 15 heteroatoms. The number of ketones is 1. The average molecular weight is 791 g/mol. The zero-order valence-electron chi connectivity index (χ0n) is 32.3. The van der Waals surface area contributed by atoms with Gasteiger partial charge in [-0.1, -0.05) is 113 Å². The summed E-state index contributed by atoms with van der Waals surface area (Å²) in [5.41, 5.74) is 5.03. The molecule has 0 amide bonds. The summed E-state index contributed by atoms with van der Waals surface area (Å²) in [6.45, 7) is 19.6. The Hall–Kier alpha value is -3.73. The van der Waals surface area contributed by atoms with Gasteiger partial charge in [-0.2, -0.15) is 88.1 Å². The van der Waals surface area contributed by atoms with Gasteiger partial charge in [0.1, 0.15) is 0 Å². The Labute approximate surface area is 326 Å². The molecule has 0 fully saturated rings. The number of Topliss-reactive ketones (excluding diaryl/α,β-unsaturated/α-hetero) is 1. The average Bonchev–Trinajstić information content (AvgIpc) is 2.93. The van der Waals surface area contributed by atoms with Crippen LogP contribution in [0.3, 0.4) is 0 Å². The van der Waals surface area contributed by atoms with Crippen molar-refractivity contribution in [3.8, 4) is 0 Å². The van der Waals surface area contributed by atoms with Crippen LogP contribution in [0.4, 0.5) is 52.7 Å². The van der Waals surface area contributed by atoms with Crippen LogP contribution in [0.1, 0.15) is 61.2 Å². The summed E-state index contributed by atoms with van der Waals surface area (Å²) in [7, 11) is 0. The molecule has 0 unspecified atom stereocenters. The molecule has 0 aliphatic carbocycles. The van der Waals surface area contributed by atoms with Crippen molar-refractivity contribution in [1.29, 1.82) is 0 Å². The van der Waals surface area contributed by atoms with Gasteiger partial charge in [0, 0.05) is 5.56 Å². The minimum Gasteiger partial charge on any atom is -0.369 e. The van der Waals surface area contributed by atoms with E-state index < -0.39 is 41.7 Å². The smallest absolute Gasteiger partial charge is 0.369 e. The summed E-state index contributed by atoms with van der Waals surface area (Å²) < 4.78 is 141. The molecule has 0 aromatic heterocycles. The van der Waals surface area contributed by atoms with Crippen molar-refractivity contribution >= 4 is 5.78 Å². The standard InChI is InChI=1S/C11H10F6O.2C9H12.C8H9.C3F6O.Li/c1-6-3-7(2)5-8(4-6)9(18,10(12,13)14)11(15,16)17;2*1-7-4-8(2)6-9(3)5-7;1-7-4-3-5-8(2)6-7;4-2(5,6)1(10)3(7,8)9;/h3-5,18H,1-2H3;2*4-6H,1-3H3;4-6H,1-2H3;;/q;;;-1;;+1. The van der Waals surface area contributed by atoms with Crippen molar-refractivity contribution in [3.05, 3.63) is 140 Å². The van der Waals surface area contributed by atoms with Gasteiger partial charge >= 0.3 is 49.3 Å². The van der Waals surface area contributed by atoms with E-state index in [4.69, 9.17) is 5.11 Å². The molecule has 0 atom stereocenters. The number of halogens is 12. The maximum atomic E-state index is 12.6. The molecule has 0 saturated carbocycles. The van der Waals surface area contributed by atoms with Crippen LogP contribution in [0.15, 0.2) is 72.8 Å². The fourth-order valence-electron chi connectivity index (χ4n) is 4.98. The van der Waals surface area contributed by atoms with E-state index in [2.05, 4.69) is 104 Å². The van der Waals surface area contributed by atoms with Crippen LogP contribution >= 0.6 is 0 Å². The molecule has 0 bridgehead atoms. The first-order valence-corrected chi connectivity index (χ1v) is 15.9. The van der Waals surface area contributed by atoms with Crippen molar-refractivity contribution in [3.63, 3.8) is 0 Å². The van der Waals surface area contributed by atoms with Crippen LogP contribution in [0.2, 0.25) is 0 Å². The Morgan fingerprint density at radius 3 is 0.764 bits per heavy atom. The third kappa shape index (κ3) is 19.1. The first-order valence-electron chi connectivity index (χ1n) is 15.9. The van der Waals surface area contributed by atoms with Gasteiger partial charge in [-0.3, -0.25) is 4.79 Å². The molecule has 0 spiro atoms. The van der Waals surface area contributed by atoms with Crippen molar-refractivity contribution in [2.45, 2.75) is 99.5 Å². The first kappa shape index (κ1) is 53.4. The van der Waals surface area contributed by atoms with Gasteiger partial charge < -0.3 is 5.11 Å². The molecule has 0 radical (unpaired) electrons. The summed E-state index contributed by atoms with van der Waals surface area (Å²) in [5, 5.41) is 9.15. The zero-order valence-corrected chi connectivity index (χ0v) is 32.3. The number of carbonyl (C=O) groups is 1. The third-order valence-electron chi connectivity index (χ3n) is 6.78. The number of rotatable bonds is 1. The minimum absolute atomic E-state index is 0. The predicted molar refractivity (Wildman–Crippen MR) is 185 cm³/mol. The van der Waals surface area contributed by atoms with Crippen LogP contribution in [0.5, 0.6) is 0 Å². The molecule has 55 heavy (non-hydrogen) atoms. The normalized spacial score (nSPS) is 11.5. The van der Waals surface area contributed by atoms with E-state index in [-0.39, 0.29) is 30.0 Å². The number of hydrogen-bond donors (Lipinski definition) is 1. The maximum Gasteiger partial charge on any atom is 1.00 e. The molecular formula is C40H43F12LiO2. The second kappa shape index (κ2) is 21.5. The van der Waals surface area contributed by atoms with Crippen molar-refractivity contribution in [2.24, 2.45) is 0 Å². The van der Waals surface area contributed by atoms with E-state index in [0.29, 0.717) is 12.1 Å². The number of carbonyl (C=O) groups excluding carboxylic acids is 1. The quantitative estimate of drug-likeness (QED) is 0.119. The molecule has 4 aromatic rings.